The zero-order chi connectivity index (χ0) is 9.42. The number of aliphatic hydroxyl groups is 1. The number of ether oxygens (including phenoxy) is 1. The molecule has 13 heavy (non-hydrogen) atoms. The van der Waals surface area contributed by atoms with Gasteiger partial charge in [-0.3, -0.25) is 0 Å². The topological polar surface area (TPSA) is 29.5 Å². The van der Waals surface area contributed by atoms with Crippen molar-refractivity contribution in [2.24, 2.45) is 0 Å². The van der Waals surface area contributed by atoms with Gasteiger partial charge in [-0.1, -0.05) is 13.0 Å². The minimum absolute atomic E-state index is 0.306. The summed E-state index contributed by atoms with van der Waals surface area (Å²) < 4.78 is 5.08. The van der Waals surface area contributed by atoms with Crippen LogP contribution in [0.15, 0.2) is 24.3 Å². The normalized spacial score (nSPS) is 19.5. The van der Waals surface area contributed by atoms with Crippen molar-refractivity contribution in [1.82, 2.24) is 0 Å². The van der Waals surface area contributed by atoms with E-state index < -0.39 is 0 Å². The van der Waals surface area contributed by atoms with Crippen LogP contribution in [0.2, 0.25) is 0 Å². The summed E-state index contributed by atoms with van der Waals surface area (Å²) in [7, 11) is 1.63. The van der Waals surface area contributed by atoms with E-state index in [0.717, 1.165) is 11.3 Å². The minimum atomic E-state index is 0.306. The number of methoxy groups -OCH3 is 1. The Labute approximate surface area is 77.5 Å². The van der Waals surface area contributed by atoms with Gasteiger partial charge in [0.05, 0.1) is 7.11 Å². The van der Waals surface area contributed by atoms with Crippen molar-refractivity contribution < 1.29 is 9.84 Å². The number of fused-ring (bicyclic) bond motifs is 1. The van der Waals surface area contributed by atoms with Crippen LogP contribution in [-0.2, 0) is 0 Å². The van der Waals surface area contributed by atoms with Gasteiger partial charge in [0.1, 0.15) is 11.5 Å². The average molecular weight is 176 g/mol. The maximum absolute atomic E-state index is 9.58. The number of rotatable bonds is 1. The molecule has 68 valence electrons. The van der Waals surface area contributed by atoms with Gasteiger partial charge in [-0.15, -0.1) is 0 Å². The minimum Gasteiger partial charge on any atom is -0.508 e. The Hall–Kier alpha value is -1.44. The SMILES string of the molecule is COc1ccc2c(c1)C(O)=C[C@@H]2C. The summed E-state index contributed by atoms with van der Waals surface area (Å²) in [5.74, 6) is 1.45. The highest BCUT2D eigenvalue weighted by Crippen LogP contribution is 2.35. The summed E-state index contributed by atoms with van der Waals surface area (Å²) in [6.07, 6.45) is 1.85. The Morgan fingerprint density at radius 1 is 1.38 bits per heavy atom. The second-order valence-electron chi connectivity index (χ2n) is 3.29. The Kier molecular flexibility index (Phi) is 1.76. The first-order chi connectivity index (χ1) is 6.22. The van der Waals surface area contributed by atoms with Crippen molar-refractivity contribution in [3.63, 3.8) is 0 Å². The molecule has 2 heteroatoms. The van der Waals surface area contributed by atoms with Crippen molar-refractivity contribution in [3.05, 3.63) is 35.4 Å². The van der Waals surface area contributed by atoms with Gasteiger partial charge in [0, 0.05) is 11.5 Å². The summed E-state index contributed by atoms with van der Waals surface area (Å²) in [6.45, 7) is 2.06. The molecule has 0 aromatic heterocycles. The van der Waals surface area contributed by atoms with Gasteiger partial charge in [0.25, 0.3) is 0 Å². The van der Waals surface area contributed by atoms with Crippen LogP contribution in [0, 0.1) is 0 Å². The molecule has 0 unspecified atom stereocenters. The molecule has 0 bridgehead atoms. The third-order valence-corrected chi connectivity index (χ3v) is 2.43. The highest BCUT2D eigenvalue weighted by atomic mass is 16.5. The van der Waals surface area contributed by atoms with Crippen LogP contribution < -0.4 is 4.74 Å². The zero-order valence-electron chi connectivity index (χ0n) is 7.74. The Bertz CT molecular complexity index is 366. The van der Waals surface area contributed by atoms with Gasteiger partial charge in [-0.25, -0.2) is 0 Å². The van der Waals surface area contributed by atoms with E-state index in [1.54, 1.807) is 7.11 Å². The molecule has 1 aliphatic rings. The number of benzene rings is 1. The number of hydrogen-bond acceptors (Lipinski definition) is 2. The first-order valence-corrected chi connectivity index (χ1v) is 4.31. The van der Waals surface area contributed by atoms with E-state index in [0.29, 0.717) is 11.7 Å². The van der Waals surface area contributed by atoms with Gasteiger partial charge in [0.2, 0.25) is 0 Å². The van der Waals surface area contributed by atoms with E-state index in [2.05, 4.69) is 6.92 Å². The molecule has 0 spiro atoms. The number of hydrogen-bond donors (Lipinski definition) is 1. The third kappa shape index (κ3) is 1.18. The van der Waals surface area contributed by atoms with Crippen molar-refractivity contribution >= 4 is 5.76 Å². The second kappa shape index (κ2) is 2.80. The van der Waals surface area contributed by atoms with Gasteiger partial charge in [-0.05, 0) is 23.8 Å². The number of allylic oxidation sites excluding steroid dienone is 1. The molecule has 1 aromatic carbocycles. The largest absolute Gasteiger partial charge is 0.508 e. The molecule has 0 aliphatic heterocycles. The predicted molar refractivity (Wildman–Crippen MR) is 52.0 cm³/mol. The van der Waals surface area contributed by atoms with Gasteiger partial charge >= 0.3 is 0 Å². The van der Waals surface area contributed by atoms with E-state index in [-0.39, 0.29) is 0 Å². The fraction of sp³-hybridized carbons (Fsp3) is 0.273. The predicted octanol–water partition coefficient (Wildman–Crippen LogP) is 2.71. The van der Waals surface area contributed by atoms with E-state index in [9.17, 15) is 5.11 Å². The summed E-state index contributed by atoms with van der Waals surface area (Å²) in [5.41, 5.74) is 2.06. The van der Waals surface area contributed by atoms with Gasteiger partial charge in [0.15, 0.2) is 0 Å². The van der Waals surface area contributed by atoms with Crippen LogP contribution in [0.5, 0.6) is 5.75 Å². The molecular formula is C11H12O2. The van der Waals surface area contributed by atoms with E-state index in [4.69, 9.17) is 4.74 Å². The number of aliphatic hydroxyl groups excluding tert-OH is 1. The molecule has 1 atom stereocenters. The van der Waals surface area contributed by atoms with Crippen LogP contribution in [0.25, 0.3) is 5.76 Å². The van der Waals surface area contributed by atoms with Crippen molar-refractivity contribution in [2.45, 2.75) is 12.8 Å². The summed E-state index contributed by atoms with van der Waals surface area (Å²) in [6, 6.07) is 5.78. The van der Waals surface area contributed by atoms with E-state index in [1.807, 2.05) is 24.3 Å². The molecule has 0 saturated carbocycles. The first-order valence-electron chi connectivity index (χ1n) is 4.31. The quantitative estimate of drug-likeness (QED) is 0.712. The molecular weight excluding hydrogens is 164 g/mol. The zero-order valence-corrected chi connectivity index (χ0v) is 7.74. The Balaban J connectivity index is 2.53. The van der Waals surface area contributed by atoms with Crippen molar-refractivity contribution in [1.29, 1.82) is 0 Å². The summed E-state index contributed by atoms with van der Waals surface area (Å²) in [4.78, 5) is 0. The molecule has 1 aliphatic carbocycles. The fourth-order valence-corrected chi connectivity index (χ4v) is 1.70. The molecule has 0 heterocycles. The molecule has 0 radical (unpaired) electrons. The van der Waals surface area contributed by atoms with Crippen LogP contribution in [0.1, 0.15) is 24.0 Å². The molecule has 0 fully saturated rings. The standard InChI is InChI=1S/C11H12O2/c1-7-5-11(12)10-6-8(13-2)3-4-9(7)10/h3-7,12H,1-2H3/t7-/m0/s1. The summed E-state index contributed by atoms with van der Waals surface area (Å²) >= 11 is 0. The third-order valence-electron chi connectivity index (χ3n) is 2.43. The monoisotopic (exact) mass is 176 g/mol. The Morgan fingerprint density at radius 3 is 2.85 bits per heavy atom. The first kappa shape index (κ1) is 8.17. The average Bonchev–Trinajstić information content (AvgIpc) is 2.42. The smallest absolute Gasteiger partial charge is 0.119 e. The highest BCUT2D eigenvalue weighted by Gasteiger charge is 2.19. The fourth-order valence-electron chi connectivity index (χ4n) is 1.70. The lowest BCUT2D eigenvalue weighted by molar-refractivity contribution is 0.414. The van der Waals surface area contributed by atoms with Crippen LogP contribution in [-0.4, -0.2) is 12.2 Å². The Morgan fingerprint density at radius 2 is 2.15 bits per heavy atom. The van der Waals surface area contributed by atoms with Gasteiger partial charge < -0.3 is 9.84 Å². The van der Waals surface area contributed by atoms with Crippen LogP contribution >= 0.6 is 0 Å². The molecule has 0 saturated heterocycles. The lowest BCUT2D eigenvalue weighted by Gasteiger charge is -2.06. The molecule has 0 amide bonds. The molecule has 1 aromatic rings. The molecule has 2 rings (SSSR count). The maximum atomic E-state index is 9.58. The molecule has 2 nitrogen and oxygen atoms in total. The van der Waals surface area contributed by atoms with Crippen LogP contribution in [0.3, 0.4) is 0 Å². The lowest BCUT2D eigenvalue weighted by Crippen LogP contribution is -1.90. The van der Waals surface area contributed by atoms with Crippen molar-refractivity contribution in [2.75, 3.05) is 7.11 Å². The van der Waals surface area contributed by atoms with E-state index in [1.165, 1.54) is 5.56 Å². The maximum Gasteiger partial charge on any atom is 0.119 e. The highest BCUT2D eigenvalue weighted by molar-refractivity contribution is 5.70. The van der Waals surface area contributed by atoms with Gasteiger partial charge in [-0.2, -0.15) is 0 Å². The summed E-state index contributed by atoms with van der Waals surface area (Å²) in [5, 5.41) is 9.58. The van der Waals surface area contributed by atoms with Crippen molar-refractivity contribution in [3.8, 4) is 5.75 Å². The molecule has 1 N–H and O–H groups in total. The second-order valence-corrected chi connectivity index (χ2v) is 3.29. The van der Waals surface area contributed by atoms with Crippen LogP contribution in [0.4, 0.5) is 0 Å². The van der Waals surface area contributed by atoms with E-state index >= 15 is 0 Å². The lowest BCUT2D eigenvalue weighted by atomic mass is 10.0.